The van der Waals surface area contributed by atoms with Crippen LogP contribution in [0.4, 0.5) is 10.6 Å². The highest BCUT2D eigenvalue weighted by atomic mass is 16.6. The average Bonchev–Trinajstić information content (AvgIpc) is 2.85. The van der Waals surface area contributed by atoms with Crippen LogP contribution in [0.15, 0.2) is 6.07 Å². The first-order valence-corrected chi connectivity index (χ1v) is 6.32. The van der Waals surface area contributed by atoms with Crippen molar-refractivity contribution in [1.82, 2.24) is 15.5 Å². The summed E-state index contributed by atoms with van der Waals surface area (Å²) in [4.78, 5) is 11.5. The Morgan fingerprint density at radius 3 is 3.00 bits per heavy atom. The molecule has 1 aromatic heterocycles. The molecule has 0 radical (unpaired) electrons. The molecule has 1 heterocycles. The average molecular weight is 252 g/mol. The van der Waals surface area contributed by atoms with Crippen LogP contribution >= 0.6 is 0 Å². The highest BCUT2D eigenvalue weighted by Gasteiger charge is 2.29. The van der Waals surface area contributed by atoms with Crippen molar-refractivity contribution in [3.8, 4) is 0 Å². The molecule has 0 spiro atoms. The summed E-state index contributed by atoms with van der Waals surface area (Å²) in [5, 5.41) is 9.57. The van der Waals surface area contributed by atoms with Crippen molar-refractivity contribution in [1.29, 1.82) is 0 Å². The zero-order valence-corrected chi connectivity index (χ0v) is 10.8. The molecule has 2 atom stereocenters. The van der Waals surface area contributed by atoms with E-state index in [-0.39, 0.29) is 18.2 Å². The largest absolute Gasteiger partial charge is 0.446 e. The second-order valence-electron chi connectivity index (χ2n) is 5.08. The molecule has 2 rings (SSSR count). The topological polar surface area (TPSA) is 93.0 Å². The summed E-state index contributed by atoms with van der Waals surface area (Å²) >= 11 is 0. The molecule has 1 fully saturated rings. The standard InChI is InChI=1S/C12H20N4O2/c1-7(2)14-12(17)18-9-4-3-8(5-9)10-6-11(13)16-15-10/h6-9H,3-5H2,1-2H3,(H,14,17)(H3,13,15,16)/t8-,9-/m1/s1. The van der Waals surface area contributed by atoms with Gasteiger partial charge in [0.15, 0.2) is 0 Å². The summed E-state index contributed by atoms with van der Waals surface area (Å²) in [6.07, 6.45) is 2.35. The van der Waals surface area contributed by atoms with Gasteiger partial charge in [-0.3, -0.25) is 5.10 Å². The summed E-state index contributed by atoms with van der Waals surface area (Å²) < 4.78 is 5.37. The lowest BCUT2D eigenvalue weighted by molar-refractivity contribution is 0.0981. The van der Waals surface area contributed by atoms with Gasteiger partial charge >= 0.3 is 6.09 Å². The molecule has 100 valence electrons. The molecule has 1 aliphatic rings. The minimum atomic E-state index is -0.334. The maximum Gasteiger partial charge on any atom is 0.407 e. The third kappa shape index (κ3) is 3.15. The lowest BCUT2D eigenvalue weighted by Gasteiger charge is -2.14. The van der Waals surface area contributed by atoms with Crippen molar-refractivity contribution in [2.45, 2.75) is 51.2 Å². The normalized spacial score (nSPS) is 23.3. The van der Waals surface area contributed by atoms with Gasteiger partial charge in [-0.05, 0) is 33.1 Å². The Balaban J connectivity index is 1.83. The number of carbonyl (C=O) groups is 1. The van der Waals surface area contributed by atoms with E-state index < -0.39 is 0 Å². The first kappa shape index (κ1) is 12.7. The Kier molecular flexibility index (Phi) is 3.74. The van der Waals surface area contributed by atoms with E-state index in [0.29, 0.717) is 11.7 Å². The zero-order chi connectivity index (χ0) is 13.1. The van der Waals surface area contributed by atoms with Gasteiger partial charge in [0.2, 0.25) is 0 Å². The zero-order valence-electron chi connectivity index (χ0n) is 10.8. The van der Waals surface area contributed by atoms with Gasteiger partial charge in [-0.1, -0.05) is 0 Å². The lowest BCUT2D eigenvalue weighted by Crippen LogP contribution is -2.33. The van der Waals surface area contributed by atoms with Gasteiger partial charge in [-0.2, -0.15) is 5.10 Å². The number of H-pyrrole nitrogens is 1. The van der Waals surface area contributed by atoms with Crippen LogP contribution in [0.3, 0.4) is 0 Å². The molecule has 0 saturated heterocycles. The molecule has 1 saturated carbocycles. The van der Waals surface area contributed by atoms with Crippen LogP contribution in [0.1, 0.15) is 44.7 Å². The van der Waals surface area contributed by atoms with Crippen molar-refractivity contribution in [3.63, 3.8) is 0 Å². The summed E-state index contributed by atoms with van der Waals surface area (Å²) in [5.74, 6) is 0.860. The molecule has 4 N–H and O–H groups in total. The van der Waals surface area contributed by atoms with Crippen molar-refractivity contribution in [3.05, 3.63) is 11.8 Å². The number of hydrogen-bond acceptors (Lipinski definition) is 4. The van der Waals surface area contributed by atoms with E-state index in [0.717, 1.165) is 25.0 Å². The van der Waals surface area contributed by atoms with E-state index in [2.05, 4.69) is 15.5 Å². The molecular formula is C12H20N4O2. The minimum absolute atomic E-state index is 0.0155. The first-order chi connectivity index (χ1) is 8.54. The Morgan fingerprint density at radius 1 is 1.61 bits per heavy atom. The Morgan fingerprint density at radius 2 is 2.39 bits per heavy atom. The van der Waals surface area contributed by atoms with Crippen LogP contribution < -0.4 is 11.1 Å². The Bertz CT molecular complexity index is 416. The SMILES string of the molecule is CC(C)NC(=O)O[C@@H]1CC[C@@H](c2cc(N)n[nH]2)C1. The van der Waals surface area contributed by atoms with Gasteiger partial charge in [-0.25, -0.2) is 4.79 Å². The van der Waals surface area contributed by atoms with Gasteiger partial charge in [0.1, 0.15) is 11.9 Å². The fraction of sp³-hybridized carbons (Fsp3) is 0.667. The van der Waals surface area contributed by atoms with Gasteiger partial charge in [-0.15, -0.1) is 0 Å². The quantitative estimate of drug-likeness (QED) is 0.764. The fourth-order valence-electron chi connectivity index (χ4n) is 2.31. The minimum Gasteiger partial charge on any atom is -0.446 e. The van der Waals surface area contributed by atoms with Gasteiger partial charge in [0.05, 0.1) is 0 Å². The molecular weight excluding hydrogens is 232 g/mol. The van der Waals surface area contributed by atoms with Gasteiger partial charge in [0.25, 0.3) is 0 Å². The van der Waals surface area contributed by atoms with Crippen LogP contribution in [0, 0.1) is 0 Å². The third-order valence-electron chi connectivity index (χ3n) is 3.12. The number of anilines is 1. The van der Waals surface area contributed by atoms with Crippen LogP contribution in [-0.4, -0.2) is 28.4 Å². The molecule has 18 heavy (non-hydrogen) atoms. The molecule has 0 unspecified atom stereocenters. The van der Waals surface area contributed by atoms with Crippen molar-refractivity contribution < 1.29 is 9.53 Å². The van der Waals surface area contributed by atoms with E-state index in [4.69, 9.17) is 10.5 Å². The Hall–Kier alpha value is -1.72. The maximum absolute atomic E-state index is 11.5. The monoisotopic (exact) mass is 252 g/mol. The number of aromatic amines is 1. The van der Waals surface area contributed by atoms with E-state index in [1.165, 1.54) is 0 Å². The number of rotatable bonds is 3. The smallest absolute Gasteiger partial charge is 0.407 e. The second-order valence-corrected chi connectivity index (χ2v) is 5.08. The van der Waals surface area contributed by atoms with Crippen LogP contribution in [0.25, 0.3) is 0 Å². The third-order valence-corrected chi connectivity index (χ3v) is 3.12. The molecule has 6 heteroatoms. The summed E-state index contributed by atoms with van der Waals surface area (Å²) in [7, 11) is 0. The van der Waals surface area contributed by atoms with E-state index in [9.17, 15) is 4.79 Å². The number of nitrogens with two attached hydrogens (primary N) is 1. The predicted molar refractivity (Wildman–Crippen MR) is 68.1 cm³/mol. The molecule has 1 aromatic rings. The number of nitrogens with one attached hydrogen (secondary N) is 2. The number of ether oxygens (including phenoxy) is 1. The highest BCUT2D eigenvalue weighted by Crippen LogP contribution is 2.35. The van der Waals surface area contributed by atoms with E-state index >= 15 is 0 Å². The van der Waals surface area contributed by atoms with E-state index in [1.807, 2.05) is 19.9 Å². The van der Waals surface area contributed by atoms with E-state index in [1.54, 1.807) is 0 Å². The lowest BCUT2D eigenvalue weighted by atomic mass is 10.0. The second kappa shape index (κ2) is 5.29. The summed E-state index contributed by atoms with van der Waals surface area (Å²) in [6, 6.07) is 1.95. The number of amides is 1. The molecule has 6 nitrogen and oxygen atoms in total. The number of aromatic nitrogens is 2. The van der Waals surface area contributed by atoms with Crippen molar-refractivity contribution in [2.75, 3.05) is 5.73 Å². The molecule has 1 amide bonds. The van der Waals surface area contributed by atoms with Crippen LogP contribution in [0.2, 0.25) is 0 Å². The van der Waals surface area contributed by atoms with Crippen LogP contribution in [0.5, 0.6) is 0 Å². The number of nitrogens with zero attached hydrogens (tertiary/aromatic N) is 1. The van der Waals surface area contributed by atoms with Gasteiger partial charge in [0, 0.05) is 23.7 Å². The molecule has 0 bridgehead atoms. The predicted octanol–water partition coefficient (Wildman–Crippen LogP) is 1.76. The molecule has 0 aliphatic heterocycles. The summed E-state index contributed by atoms with van der Waals surface area (Å²) in [5.41, 5.74) is 6.61. The number of hydrogen-bond donors (Lipinski definition) is 3. The van der Waals surface area contributed by atoms with Crippen molar-refractivity contribution in [2.24, 2.45) is 0 Å². The highest BCUT2D eigenvalue weighted by molar-refractivity contribution is 5.67. The number of nitrogen functional groups attached to an aromatic ring is 1. The molecule has 0 aromatic carbocycles. The number of carbonyl (C=O) groups excluding carboxylic acids is 1. The Labute approximate surface area is 106 Å². The fourth-order valence-corrected chi connectivity index (χ4v) is 2.31. The number of alkyl carbamates (subject to hydrolysis) is 1. The van der Waals surface area contributed by atoms with Gasteiger partial charge < -0.3 is 15.8 Å². The van der Waals surface area contributed by atoms with Crippen molar-refractivity contribution >= 4 is 11.9 Å². The van der Waals surface area contributed by atoms with Crippen LogP contribution in [-0.2, 0) is 4.74 Å². The maximum atomic E-state index is 11.5. The first-order valence-electron chi connectivity index (χ1n) is 6.32. The molecule has 1 aliphatic carbocycles. The summed E-state index contributed by atoms with van der Waals surface area (Å²) in [6.45, 7) is 3.82.